The number of aromatic nitrogens is 3. The van der Waals surface area contributed by atoms with Gasteiger partial charge >= 0.3 is 5.97 Å². The highest BCUT2D eigenvalue weighted by Gasteiger charge is 2.05. The Kier molecular flexibility index (Phi) is 7.08. The topological polar surface area (TPSA) is 86.1 Å². The second kappa shape index (κ2) is 10.2. The Balaban J connectivity index is 1.37. The average Bonchev–Trinajstić information content (AvgIpc) is 3.38. The maximum absolute atomic E-state index is 11.7. The molecule has 144 valence electrons. The molecule has 0 atom stereocenters. The lowest BCUT2D eigenvalue weighted by Gasteiger charge is -2.04. The van der Waals surface area contributed by atoms with Gasteiger partial charge in [-0.05, 0) is 29.5 Å². The molecule has 0 spiro atoms. The molecule has 0 radical (unpaired) electrons. The Hall–Kier alpha value is -3.26. The third kappa shape index (κ3) is 6.48. The van der Waals surface area contributed by atoms with Crippen LogP contribution in [0.3, 0.4) is 0 Å². The molecule has 3 aromatic rings. The third-order valence-corrected chi connectivity index (χ3v) is 4.69. The molecule has 0 saturated carbocycles. The minimum atomic E-state index is -0.606. The fourth-order valence-electron chi connectivity index (χ4n) is 2.41. The molecule has 0 bridgehead atoms. The molecule has 0 fully saturated rings. The molecule has 7 nitrogen and oxygen atoms in total. The van der Waals surface area contributed by atoms with E-state index in [9.17, 15) is 9.59 Å². The van der Waals surface area contributed by atoms with Crippen LogP contribution in [0, 0.1) is 0 Å². The van der Waals surface area contributed by atoms with Gasteiger partial charge in [0.2, 0.25) is 0 Å². The van der Waals surface area contributed by atoms with E-state index in [4.69, 9.17) is 4.74 Å². The summed E-state index contributed by atoms with van der Waals surface area (Å²) >= 11 is 1.64. The van der Waals surface area contributed by atoms with E-state index in [1.807, 2.05) is 47.8 Å². The zero-order valence-electron chi connectivity index (χ0n) is 15.2. The standard InChI is InChI=1S/C20H20N4O3S/c25-19(21-11-10-18-7-4-12-28-18)15-27-20(26)9-8-17-14-24(23-22-17)13-16-5-2-1-3-6-16/h1-9,12,14H,10-11,13,15H2,(H,21,25)/b9-8+. The molecule has 2 heterocycles. The summed E-state index contributed by atoms with van der Waals surface area (Å²) in [5.74, 6) is -0.932. The number of thiophene rings is 1. The summed E-state index contributed by atoms with van der Waals surface area (Å²) in [6.45, 7) is 0.795. The van der Waals surface area contributed by atoms with Crippen molar-refractivity contribution in [3.05, 3.63) is 76.3 Å². The van der Waals surface area contributed by atoms with Crippen LogP contribution in [0.15, 0.2) is 60.1 Å². The maximum atomic E-state index is 11.7. The summed E-state index contributed by atoms with van der Waals surface area (Å²) in [6.07, 6.45) is 5.23. The quantitative estimate of drug-likeness (QED) is 0.443. The summed E-state index contributed by atoms with van der Waals surface area (Å²) < 4.78 is 6.61. The van der Waals surface area contributed by atoms with Gasteiger partial charge in [0.1, 0.15) is 5.69 Å². The van der Waals surface area contributed by atoms with Crippen molar-refractivity contribution < 1.29 is 14.3 Å². The minimum absolute atomic E-state index is 0.311. The Morgan fingerprint density at radius 3 is 2.82 bits per heavy atom. The number of nitrogens with zero attached hydrogens (tertiary/aromatic N) is 3. The molecule has 0 saturated heterocycles. The lowest BCUT2D eigenvalue weighted by atomic mass is 10.2. The van der Waals surface area contributed by atoms with Crippen LogP contribution in [0.5, 0.6) is 0 Å². The van der Waals surface area contributed by atoms with E-state index >= 15 is 0 Å². The summed E-state index contributed by atoms with van der Waals surface area (Å²) in [7, 11) is 0. The molecule has 0 aliphatic heterocycles. The lowest BCUT2D eigenvalue weighted by Crippen LogP contribution is -2.30. The SMILES string of the molecule is O=C(COC(=O)/C=C/c1cn(Cc2ccccc2)nn1)NCCc1cccs1. The van der Waals surface area contributed by atoms with Gasteiger partial charge in [-0.1, -0.05) is 41.6 Å². The van der Waals surface area contributed by atoms with Crippen LogP contribution in [-0.2, 0) is 27.3 Å². The Morgan fingerprint density at radius 1 is 1.18 bits per heavy atom. The van der Waals surface area contributed by atoms with Crippen LogP contribution in [-0.4, -0.2) is 40.0 Å². The molecular formula is C20H20N4O3S. The number of benzene rings is 1. The number of esters is 1. The summed E-state index contributed by atoms with van der Waals surface area (Å²) in [6, 6.07) is 13.9. The van der Waals surface area contributed by atoms with Gasteiger partial charge in [0, 0.05) is 17.5 Å². The number of hydrogen-bond acceptors (Lipinski definition) is 6. The Morgan fingerprint density at radius 2 is 2.04 bits per heavy atom. The van der Waals surface area contributed by atoms with Gasteiger partial charge in [-0.15, -0.1) is 16.4 Å². The highest BCUT2D eigenvalue weighted by atomic mass is 32.1. The zero-order valence-corrected chi connectivity index (χ0v) is 16.0. The van der Waals surface area contributed by atoms with E-state index in [-0.39, 0.29) is 12.5 Å². The number of carbonyl (C=O) groups excluding carboxylic acids is 2. The second-order valence-electron chi connectivity index (χ2n) is 5.95. The number of carbonyl (C=O) groups is 2. The first-order valence-corrected chi connectivity index (χ1v) is 9.65. The normalized spacial score (nSPS) is 10.9. The number of nitrogens with one attached hydrogen (secondary N) is 1. The van der Waals surface area contributed by atoms with Crippen LogP contribution in [0.4, 0.5) is 0 Å². The van der Waals surface area contributed by atoms with Crippen LogP contribution in [0.25, 0.3) is 6.08 Å². The van der Waals surface area contributed by atoms with E-state index < -0.39 is 5.97 Å². The van der Waals surface area contributed by atoms with Crippen molar-refractivity contribution in [1.82, 2.24) is 20.3 Å². The lowest BCUT2D eigenvalue weighted by molar-refractivity contribution is -0.143. The summed E-state index contributed by atoms with van der Waals surface area (Å²) in [4.78, 5) is 24.6. The monoisotopic (exact) mass is 396 g/mol. The fourth-order valence-corrected chi connectivity index (χ4v) is 3.12. The van der Waals surface area contributed by atoms with Crippen molar-refractivity contribution in [1.29, 1.82) is 0 Å². The smallest absolute Gasteiger partial charge is 0.331 e. The van der Waals surface area contributed by atoms with Crippen molar-refractivity contribution in [2.45, 2.75) is 13.0 Å². The third-order valence-electron chi connectivity index (χ3n) is 3.75. The first kappa shape index (κ1) is 19.5. The number of hydrogen-bond donors (Lipinski definition) is 1. The van der Waals surface area contributed by atoms with Crippen LogP contribution in [0.1, 0.15) is 16.1 Å². The van der Waals surface area contributed by atoms with Crippen molar-refractivity contribution in [3.8, 4) is 0 Å². The highest BCUT2D eigenvalue weighted by molar-refractivity contribution is 7.09. The molecule has 28 heavy (non-hydrogen) atoms. The van der Waals surface area contributed by atoms with E-state index in [2.05, 4.69) is 15.6 Å². The van der Waals surface area contributed by atoms with Crippen LogP contribution < -0.4 is 5.32 Å². The van der Waals surface area contributed by atoms with Crippen LogP contribution in [0.2, 0.25) is 0 Å². The first-order valence-electron chi connectivity index (χ1n) is 8.77. The van der Waals surface area contributed by atoms with E-state index in [1.54, 1.807) is 22.2 Å². The number of amides is 1. The molecule has 1 aromatic carbocycles. The first-order chi connectivity index (χ1) is 13.7. The maximum Gasteiger partial charge on any atom is 0.331 e. The molecular weight excluding hydrogens is 376 g/mol. The van der Waals surface area contributed by atoms with E-state index in [0.29, 0.717) is 18.8 Å². The van der Waals surface area contributed by atoms with Crippen molar-refractivity contribution in [2.24, 2.45) is 0 Å². The minimum Gasteiger partial charge on any atom is -0.452 e. The molecule has 8 heteroatoms. The molecule has 0 unspecified atom stereocenters. The molecule has 0 aliphatic rings. The molecule has 2 aromatic heterocycles. The number of rotatable bonds is 9. The Bertz CT molecular complexity index is 920. The molecule has 1 N–H and O–H groups in total. The molecule has 1 amide bonds. The van der Waals surface area contributed by atoms with Crippen molar-refractivity contribution >= 4 is 29.3 Å². The van der Waals surface area contributed by atoms with Crippen molar-refractivity contribution in [3.63, 3.8) is 0 Å². The van der Waals surface area contributed by atoms with Crippen LogP contribution >= 0.6 is 11.3 Å². The summed E-state index contributed by atoms with van der Waals surface area (Å²) in [5, 5.41) is 12.7. The van der Waals surface area contributed by atoms with Gasteiger partial charge in [0.05, 0.1) is 12.7 Å². The van der Waals surface area contributed by atoms with Gasteiger partial charge in [-0.25, -0.2) is 9.48 Å². The predicted molar refractivity (Wildman–Crippen MR) is 107 cm³/mol. The van der Waals surface area contributed by atoms with Gasteiger partial charge in [0.25, 0.3) is 5.91 Å². The van der Waals surface area contributed by atoms with Gasteiger partial charge in [-0.3, -0.25) is 4.79 Å². The average molecular weight is 396 g/mol. The zero-order chi connectivity index (χ0) is 19.6. The Labute approximate surface area is 166 Å². The fraction of sp³-hybridized carbons (Fsp3) is 0.200. The predicted octanol–water partition coefficient (Wildman–Crippen LogP) is 2.30. The van der Waals surface area contributed by atoms with Gasteiger partial charge in [0.15, 0.2) is 6.61 Å². The highest BCUT2D eigenvalue weighted by Crippen LogP contribution is 2.08. The van der Waals surface area contributed by atoms with Gasteiger partial charge < -0.3 is 10.1 Å². The molecule has 0 aliphatic carbocycles. The van der Waals surface area contributed by atoms with Crippen molar-refractivity contribution in [2.75, 3.05) is 13.2 Å². The largest absolute Gasteiger partial charge is 0.452 e. The second-order valence-corrected chi connectivity index (χ2v) is 6.98. The van der Waals surface area contributed by atoms with Gasteiger partial charge in [-0.2, -0.15) is 0 Å². The number of ether oxygens (including phenoxy) is 1. The summed E-state index contributed by atoms with van der Waals surface area (Å²) in [5.41, 5.74) is 1.64. The van der Waals surface area contributed by atoms with E-state index in [1.165, 1.54) is 17.0 Å². The van der Waals surface area contributed by atoms with E-state index in [0.717, 1.165) is 12.0 Å². The molecule has 3 rings (SSSR count).